The molecule has 1 heterocycles. The third-order valence-corrected chi connectivity index (χ3v) is 2.34. The maximum atomic E-state index is 11.7. The van der Waals surface area contributed by atoms with Gasteiger partial charge in [-0.05, 0) is 6.92 Å². The van der Waals surface area contributed by atoms with Gasteiger partial charge in [0.05, 0.1) is 12.6 Å². The number of ketones is 1. The lowest BCUT2D eigenvalue weighted by Crippen LogP contribution is -2.38. The van der Waals surface area contributed by atoms with Gasteiger partial charge >= 0.3 is 0 Å². The van der Waals surface area contributed by atoms with Crippen molar-refractivity contribution in [1.82, 2.24) is 10.4 Å². The number of aliphatic hydroxyl groups excluding tert-OH is 1. The van der Waals surface area contributed by atoms with Crippen LogP contribution in [0.25, 0.3) is 0 Å². The zero-order valence-electron chi connectivity index (χ0n) is 8.19. The van der Waals surface area contributed by atoms with E-state index in [-0.39, 0.29) is 18.4 Å². The Kier molecular flexibility index (Phi) is 3.27. The number of likely N-dealkylation sites (N-methyl/N-ethyl adjacent to an activating group) is 1. The van der Waals surface area contributed by atoms with E-state index in [1.165, 1.54) is 6.20 Å². The number of Topliss-reactive ketones (excluding diaryl/α,β-unsaturated/α-hetero) is 1. The fourth-order valence-corrected chi connectivity index (χ4v) is 1.35. The molecule has 1 rings (SSSR count). The maximum Gasteiger partial charge on any atom is 0.186 e. The predicted octanol–water partition coefficient (Wildman–Crippen LogP) is -0.372. The Labute approximate surface area is 82.3 Å². The number of nitrogens with zero attached hydrogens (tertiary/aromatic N) is 1. The normalized spacial score (nSPS) is 25.3. The van der Waals surface area contributed by atoms with Gasteiger partial charge in [-0.1, -0.05) is 0 Å². The van der Waals surface area contributed by atoms with Gasteiger partial charge in [-0.25, -0.2) is 0 Å². The van der Waals surface area contributed by atoms with E-state index in [4.69, 9.17) is 10.3 Å². The second-order valence-corrected chi connectivity index (χ2v) is 3.21. The molecule has 0 bridgehead atoms. The molecule has 1 aliphatic rings. The van der Waals surface area contributed by atoms with Gasteiger partial charge in [0.15, 0.2) is 5.78 Å². The van der Waals surface area contributed by atoms with E-state index >= 15 is 0 Å². The summed E-state index contributed by atoms with van der Waals surface area (Å²) in [6.07, 6.45) is 2.88. The van der Waals surface area contributed by atoms with E-state index in [1.54, 1.807) is 25.1 Å². The number of aliphatic hydroxyl groups is 1. The van der Waals surface area contributed by atoms with Crippen LogP contribution in [-0.2, 0) is 4.79 Å². The van der Waals surface area contributed by atoms with Crippen molar-refractivity contribution < 1.29 is 15.1 Å². The van der Waals surface area contributed by atoms with Crippen LogP contribution in [0.3, 0.4) is 0 Å². The SMILES string of the molecule is CC1C(=O)/C(=C/NO)C(CO)=CN1C. The highest BCUT2D eigenvalue weighted by Gasteiger charge is 2.27. The van der Waals surface area contributed by atoms with Crippen LogP contribution in [0.5, 0.6) is 0 Å². The van der Waals surface area contributed by atoms with Crippen molar-refractivity contribution in [3.63, 3.8) is 0 Å². The Morgan fingerprint density at radius 1 is 1.71 bits per heavy atom. The number of hydrogen-bond donors (Lipinski definition) is 3. The van der Waals surface area contributed by atoms with Crippen molar-refractivity contribution >= 4 is 5.78 Å². The summed E-state index contributed by atoms with van der Waals surface area (Å²) in [6.45, 7) is 1.54. The molecule has 1 aliphatic heterocycles. The molecule has 0 amide bonds. The van der Waals surface area contributed by atoms with Crippen molar-refractivity contribution in [3.05, 3.63) is 23.5 Å². The van der Waals surface area contributed by atoms with Crippen LogP contribution < -0.4 is 5.48 Å². The lowest BCUT2D eigenvalue weighted by atomic mass is 9.95. The molecule has 0 aliphatic carbocycles. The molecule has 0 spiro atoms. The lowest BCUT2D eigenvalue weighted by molar-refractivity contribution is -0.119. The van der Waals surface area contributed by atoms with Gasteiger partial charge in [0.25, 0.3) is 0 Å². The smallest absolute Gasteiger partial charge is 0.186 e. The molecule has 1 atom stereocenters. The summed E-state index contributed by atoms with van der Waals surface area (Å²) < 4.78 is 0. The summed E-state index contributed by atoms with van der Waals surface area (Å²) in [5.41, 5.74) is 2.63. The first-order chi connectivity index (χ1) is 6.61. The molecule has 3 N–H and O–H groups in total. The van der Waals surface area contributed by atoms with E-state index in [0.29, 0.717) is 11.1 Å². The molecule has 5 heteroatoms. The Hall–Kier alpha value is -1.33. The molecule has 0 aromatic rings. The summed E-state index contributed by atoms with van der Waals surface area (Å²) in [6, 6.07) is -0.273. The topological polar surface area (TPSA) is 72.8 Å². The summed E-state index contributed by atoms with van der Waals surface area (Å²) in [7, 11) is 1.77. The molecule has 78 valence electrons. The molecular weight excluding hydrogens is 184 g/mol. The average Bonchev–Trinajstić information content (AvgIpc) is 2.19. The summed E-state index contributed by atoms with van der Waals surface area (Å²) in [4.78, 5) is 13.4. The second-order valence-electron chi connectivity index (χ2n) is 3.21. The minimum atomic E-state index is -0.273. The molecule has 0 saturated heterocycles. The summed E-state index contributed by atoms with van der Waals surface area (Å²) in [5, 5.41) is 17.5. The van der Waals surface area contributed by atoms with Gasteiger partial charge in [0, 0.05) is 30.6 Å². The van der Waals surface area contributed by atoms with E-state index in [0.717, 1.165) is 0 Å². The number of rotatable bonds is 2. The summed E-state index contributed by atoms with van der Waals surface area (Å²) >= 11 is 0. The molecule has 14 heavy (non-hydrogen) atoms. The van der Waals surface area contributed by atoms with Gasteiger partial charge in [-0.3, -0.25) is 15.5 Å². The van der Waals surface area contributed by atoms with Gasteiger partial charge < -0.3 is 10.0 Å². The average molecular weight is 198 g/mol. The van der Waals surface area contributed by atoms with Crippen molar-refractivity contribution in [1.29, 1.82) is 0 Å². The fraction of sp³-hybridized carbons (Fsp3) is 0.444. The number of carbonyl (C=O) groups excluding carboxylic acids is 1. The van der Waals surface area contributed by atoms with Crippen LogP contribution in [0.4, 0.5) is 0 Å². The Balaban J connectivity index is 3.08. The number of hydrogen-bond acceptors (Lipinski definition) is 5. The Morgan fingerprint density at radius 3 is 2.86 bits per heavy atom. The van der Waals surface area contributed by atoms with Crippen LogP contribution >= 0.6 is 0 Å². The molecule has 0 radical (unpaired) electrons. The Morgan fingerprint density at radius 2 is 2.36 bits per heavy atom. The standard InChI is InChI=1S/C9H14N2O3/c1-6-9(13)8(3-10-14)7(5-12)4-11(6)2/h3-4,6,10,12,14H,5H2,1-2H3/b8-3+. The molecule has 0 fully saturated rings. The first kappa shape index (κ1) is 10.7. The molecule has 0 saturated carbocycles. The fourth-order valence-electron chi connectivity index (χ4n) is 1.35. The highest BCUT2D eigenvalue weighted by Crippen LogP contribution is 2.20. The first-order valence-electron chi connectivity index (χ1n) is 4.29. The van der Waals surface area contributed by atoms with E-state index in [2.05, 4.69) is 0 Å². The first-order valence-corrected chi connectivity index (χ1v) is 4.29. The van der Waals surface area contributed by atoms with Gasteiger partial charge in [0.2, 0.25) is 0 Å². The van der Waals surface area contributed by atoms with E-state index in [9.17, 15) is 4.79 Å². The molecule has 1 unspecified atom stereocenters. The summed E-state index contributed by atoms with van der Waals surface area (Å²) in [5.74, 6) is -0.124. The number of nitrogens with one attached hydrogen (secondary N) is 1. The van der Waals surface area contributed by atoms with Crippen molar-refractivity contribution in [2.24, 2.45) is 0 Å². The van der Waals surface area contributed by atoms with Crippen LogP contribution in [0, 0.1) is 0 Å². The minimum absolute atomic E-state index is 0.124. The predicted molar refractivity (Wildman–Crippen MR) is 50.4 cm³/mol. The van der Waals surface area contributed by atoms with Gasteiger partial charge in [-0.2, -0.15) is 0 Å². The van der Waals surface area contributed by atoms with Crippen molar-refractivity contribution in [2.45, 2.75) is 13.0 Å². The quantitative estimate of drug-likeness (QED) is 0.417. The van der Waals surface area contributed by atoms with Gasteiger partial charge in [0.1, 0.15) is 0 Å². The van der Waals surface area contributed by atoms with Crippen LogP contribution in [0.1, 0.15) is 6.92 Å². The molecule has 0 aromatic heterocycles. The van der Waals surface area contributed by atoms with Crippen molar-refractivity contribution in [3.8, 4) is 0 Å². The highest BCUT2D eigenvalue weighted by molar-refractivity contribution is 6.04. The third-order valence-electron chi connectivity index (χ3n) is 2.34. The monoisotopic (exact) mass is 198 g/mol. The molecule has 0 aromatic carbocycles. The van der Waals surface area contributed by atoms with Crippen molar-refractivity contribution in [2.75, 3.05) is 13.7 Å². The van der Waals surface area contributed by atoms with E-state index in [1.807, 2.05) is 5.48 Å². The van der Waals surface area contributed by atoms with E-state index < -0.39 is 0 Å². The highest BCUT2D eigenvalue weighted by atomic mass is 16.5. The third kappa shape index (κ3) is 1.78. The van der Waals surface area contributed by atoms with Crippen LogP contribution in [0.2, 0.25) is 0 Å². The number of carbonyl (C=O) groups is 1. The zero-order chi connectivity index (χ0) is 10.7. The minimum Gasteiger partial charge on any atom is -0.392 e. The largest absolute Gasteiger partial charge is 0.392 e. The van der Waals surface area contributed by atoms with Crippen LogP contribution in [0.15, 0.2) is 23.5 Å². The lowest BCUT2D eigenvalue weighted by Gasteiger charge is -2.29. The van der Waals surface area contributed by atoms with Crippen LogP contribution in [-0.4, -0.2) is 40.7 Å². The number of hydroxylamine groups is 1. The zero-order valence-corrected chi connectivity index (χ0v) is 8.19. The van der Waals surface area contributed by atoms with Gasteiger partial charge in [-0.15, -0.1) is 0 Å². The maximum absolute atomic E-state index is 11.7. The second kappa shape index (κ2) is 4.26. The molecule has 5 nitrogen and oxygen atoms in total. The molecular formula is C9H14N2O3. The Bertz CT molecular complexity index is 296.